The van der Waals surface area contributed by atoms with Crippen molar-refractivity contribution in [1.29, 1.82) is 0 Å². The molecule has 106 valence electrons. The van der Waals surface area contributed by atoms with Gasteiger partial charge in [-0.3, -0.25) is 0 Å². The van der Waals surface area contributed by atoms with Gasteiger partial charge in [0, 0.05) is 22.3 Å². The lowest BCUT2D eigenvalue weighted by atomic mass is 10.1. The lowest BCUT2D eigenvalue weighted by molar-refractivity contribution is 0.404. The molecular weight excluding hydrogens is 270 g/mol. The van der Waals surface area contributed by atoms with Crippen molar-refractivity contribution >= 4 is 11.8 Å². The normalized spacial score (nSPS) is 11.9. The van der Waals surface area contributed by atoms with Crippen LogP contribution in [0.4, 0.5) is 0 Å². The quantitative estimate of drug-likeness (QED) is 0.827. The van der Waals surface area contributed by atoms with Crippen molar-refractivity contribution in [2.24, 2.45) is 5.73 Å². The SMILES string of the molecule is COc1ccccc1SCC(N)c1ccccc1OC. The Hall–Kier alpha value is -1.65. The molecule has 0 heterocycles. The van der Waals surface area contributed by atoms with E-state index in [4.69, 9.17) is 15.2 Å². The molecule has 0 saturated heterocycles. The van der Waals surface area contributed by atoms with E-state index >= 15 is 0 Å². The molecule has 0 saturated carbocycles. The first kappa shape index (κ1) is 14.8. The summed E-state index contributed by atoms with van der Waals surface area (Å²) in [7, 11) is 3.35. The Morgan fingerprint density at radius 1 is 0.950 bits per heavy atom. The van der Waals surface area contributed by atoms with E-state index in [2.05, 4.69) is 0 Å². The molecule has 0 radical (unpaired) electrons. The Balaban J connectivity index is 2.07. The van der Waals surface area contributed by atoms with Gasteiger partial charge in [-0.25, -0.2) is 0 Å². The van der Waals surface area contributed by atoms with E-state index < -0.39 is 0 Å². The highest BCUT2D eigenvalue weighted by Gasteiger charge is 2.12. The highest BCUT2D eigenvalue weighted by atomic mass is 32.2. The summed E-state index contributed by atoms with van der Waals surface area (Å²) in [4.78, 5) is 1.10. The summed E-state index contributed by atoms with van der Waals surface area (Å²) in [5.41, 5.74) is 7.29. The predicted molar refractivity (Wildman–Crippen MR) is 83.6 cm³/mol. The minimum Gasteiger partial charge on any atom is -0.496 e. The Kier molecular flexibility index (Phi) is 5.32. The number of hydrogen-bond donors (Lipinski definition) is 1. The average molecular weight is 289 g/mol. The molecule has 3 nitrogen and oxygen atoms in total. The fourth-order valence-electron chi connectivity index (χ4n) is 1.98. The van der Waals surface area contributed by atoms with Crippen molar-refractivity contribution in [1.82, 2.24) is 0 Å². The zero-order chi connectivity index (χ0) is 14.4. The first-order chi connectivity index (χ1) is 9.76. The smallest absolute Gasteiger partial charge is 0.132 e. The molecule has 0 fully saturated rings. The summed E-state index contributed by atoms with van der Waals surface area (Å²) in [6.07, 6.45) is 0. The predicted octanol–water partition coefficient (Wildman–Crippen LogP) is 3.50. The Morgan fingerprint density at radius 3 is 2.25 bits per heavy atom. The average Bonchev–Trinajstić information content (AvgIpc) is 2.52. The van der Waals surface area contributed by atoms with Crippen molar-refractivity contribution in [3.63, 3.8) is 0 Å². The molecule has 2 aromatic rings. The molecule has 20 heavy (non-hydrogen) atoms. The van der Waals surface area contributed by atoms with Crippen LogP contribution in [-0.4, -0.2) is 20.0 Å². The third-order valence-corrected chi connectivity index (χ3v) is 4.20. The summed E-state index contributed by atoms with van der Waals surface area (Å²) in [6, 6.07) is 15.7. The number of hydrogen-bond acceptors (Lipinski definition) is 4. The van der Waals surface area contributed by atoms with Crippen LogP contribution in [0, 0.1) is 0 Å². The fraction of sp³-hybridized carbons (Fsp3) is 0.250. The van der Waals surface area contributed by atoms with Crippen LogP contribution in [0.3, 0.4) is 0 Å². The zero-order valence-electron chi connectivity index (χ0n) is 11.7. The maximum absolute atomic E-state index is 6.27. The van der Waals surface area contributed by atoms with E-state index in [0.717, 1.165) is 27.7 Å². The summed E-state index contributed by atoms with van der Waals surface area (Å²) in [5.74, 6) is 2.48. The second kappa shape index (κ2) is 7.22. The van der Waals surface area contributed by atoms with Gasteiger partial charge in [-0.15, -0.1) is 11.8 Å². The van der Waals surface area contributed by atoms with Gasteiger partial charge in [0.1, 0.15) is 11.5 Å². The molecule has 4 heteroatoms. The molecule has 0 aromatic heterocycles. The molecule has 2 N–H and O–H groups in total. The monoisotopic (exact) mass is 289 g/mol. The van der Waals surface area contributed by atoms with Crippen LogP contribution >= 0.6 is 11.8 Å². The number of thioether (sulfide) groups is 1. The van der Waals surface area contributed by atoms with Gasteiger partial charge in [0.15, 0.2) is 0 Å². The number of benzene rings is 2. The van der Waals surface area contributed by atoms with Crippen molar-refractivity contribution < 1.29 is 9.47 Å². The first-order valence-corrected chi connectivity index (χ1v) is 7.39. The molecule has 0 aliphatic rings. The maximum Gasteiger partial charge on any atom is 0.132 e. The van der Waals surface area contributed by atoms with E-state index in [1.54, 1.807) is 26.0 Å². The van der Waals surface area contributed by atoms with E-state index in [1.807, 2.05) is 48.5 Å². The van der Waals surface area contributed by atoms with Gasteiger partial charge >= 0.3 is 0 Å². The van der Waals surface area contributed by atoms with Crippen LogP contribution in [-0.2, 0) is 0 Å². The van der Waals surface area contributed by atoms with Crippen molar-refractivity contribution in [2.75, 3.05) is 20.0 Å². The molecule has 1 atom stereocenters. The second-order valence-corrected chi connectivity index (χ2v) is 5.37. The molecular formula is C16H19NO2S. The van der Waals surface area contributed by atoms with E-state index in [1.165, 1.54) is 0 Å². The van der Waals surface area contributed by atoms with E-state index in [0.29, 0.717) is 0 Å². The minimum absolute atomic E-state index is 0.0823. The highest BCUT2D eigenvalue weighted by Crippen LogP contribution is 2.33. The largest absolute Gasteiger partial charge is 0.496 e. The van der Waals surface area contributed by atoms with Crippen molar-refractivity contribution in [3.8, 4) is 11.5 Å². The van der Waals surface area contributed by atoms with Gasteiger partial charge in [0.05, 0.1) is 14.2 Å². The highest BCUT2D eigenvalue weighted by molar-refractivity contribution is 7.99. The minimum atomic E-state index is -0.0823. The Labute approximate surface area is 124 Å². The number of methoxy groups -OCH3 is 2. The Morgan fingerprint density at radius 2 is 1.55 bits per heavy atom. The molecule has 0 aliphatic carbocycles. The number of para-hydroxylation sites is 2. The van der Waals surface area contributed by atoms with Crippen LogP contribution in [0.25, 0.3) is 0 Å². The fourth-order valence-corrected chi connectivity index (χ4v) is 2.99. The van der Waals surface area contributed by atoms with Crippen LogP contribution < -0.4 is 15.2 Å². The standard InChI is InChI=1S/C16H19NO2S/c1-18-14-8-4-3-7-12(14)13(17)11-20-16-10-6-5-9-15(16)19-2/h3-10,13H,11,17H2,1-2H3. The van der Waals surface area contributed by atoms with E-state index in [9.17, 15) is 0 Å². The van der Waals surface area contributed by atoms with Crippen LogP contribution in [0.5, 0.6) is 11.5 Å². The Bertz CT molecular complexity index is 560. The van der Waals surface area contributed by atoms with Crippen LogP contribution in [0.2, 0.25) is 0 Å². The van der Waals surface area contributed by atoms with Gasteiger partial charge in [-0.1, -0.05) is 30.3 Å². The summed E-state index contributed by atoms with van der Waals surface area (Å²) in [6.45, 7) is 0. The zero-order valence-corrected chi connectivity index (χ0v) is 12.5. The molecule has 2 rings (SSSR count). The second-order valence-electron chi connectivity index (χ2n) is 4.31. The number of nitrogens with two attached hydrogens (primary N) is 1. The number of ether oxygens (including phenoxy) is 2. The van der Waals surface area contributed by atoms with Gasteiger partial charge < -0.3 is 15.2 Å². The molecule has 0 spiro atoms. The lowest BCUT2D eigenvalue weighted by Gasteiger charge is -2.16. The molecule has 2 aromatic carbocycles. The number of rotatable bonds is 6. The first-order valence-electron chi connectivity index (χ1n) is 6.40. The van der Waals surface area contributed by atoms with Crippen LogP contribution in [0.15, 0.2) is 53.4 Å². The van der Waals surface area contributed by atoms with Gasteiger partial charge in [-0.05, 0) is 18.2 Å². The topological polar surface area (TPSA) is 44.5 Å². The van der Waals surface area contributed by atoms with Crippen LogP contribution in [0.1, 0.15) is 11.6 Å². The van der Waals surface area contributed by atoms with Gasteiger partial charge in [0.2, 0.25) is 0 Å². The summed E-state index contributed by atoms with van der Waals surface area (Å²) >= 11 is 1.69. The van der Waals surface area contributed by atoms with Crippen molar-refractivity contribution in [2.45, 2.75) is 10.9 Å². The molecule has 0 amide bonds. The van der Waals surface area contributed by atoms with Gasteiger partial charge in [-0.2, -0.15) is 0 Å². The lowest BCUT2D eigenvalue weighted by Crippen LogP contribution is -2.14. The molecule has 1 unspecified atom stereocenters. The third kappa shape index (κ3) is 3.46. The maximum atomic E-state index is 6.27. The van der Waals surface area contributed by atoms with E-state index in [-0.39, 0.29) is 6.04 Å². The van der Waals surface area contributed by atoms with Crippen molar-refractivity contribution in [3.05, 3.63) is 54.1 Å². The van der Waals surface area contributed by atoms with Gasteiger partial charge in [0.25, 0.3) is 0 Å². The molecule has 0 bridgehead atoms. The third-order valence-electron chi connectivity index (χ3n) is 3.03. The molecule has 0 aliphatic heterocycles. The summed E-state index contributed by atoms with van der Waals surface area (Å²) < 4.78 is 10.7. The summed E-state index contributed by atoms with van der Waals surface area (Å²) in [5, 5.41) is 0.